The maximum absolute atomic E-state index is 10.2. The molecule has 0 bridgehead atoms. The molecule has 8 N–H and O–H groups in total. The second-order valence-electron chi connectivity index (χ2n) is 5.31. The van der Waals surface area contributed by atoms with Crippen molar-refractivity contribution in [2.45, 2.75) is 70.8 Å². The van der Waals surface area contributed by atoms with E-state index in [2.05, 4.69) is 11.9 Å². The van der Waals surface area contributed by atoms with Crippen molar-refractivity contribution in [2.24, 2.45) is 22.2 Å². The Labute approximate surface area is 138 Å². The molecule has 0 spiro atoms. The zero-order valence-corrected chi connectivity index (χ0v) is 14.0. The average Bonchev–Trinajstić information content (AvgIpc) is 2.47. The summed E-state index contributed by atoms with van der Waals surface area (Å²) in [6.07, 6.45) is 8.21. The summed E-state index contributed by atoms with van der Waals surface area (Å²) in [6, 6.07) is -0.820. The largest absolute Gasteiger partial charge is 0.481 e. The first-order valence-electron chi connectivity index (χ1n) is 8.06. The average molecular weight is 332 g/mol. The molecule has 0 aromatic carbocycles. The molecule has 0 amide bonds. The molecule has 0 aromatic rings. The van der Waals surface area contributed by atoms with E-state index in [9.17, 15) is 9.59 Å². The third-order valence-electron chi connectivity index (χ3n) is 3.03. The topological polar surface area (TPSA) is 165 Å². The lowest BCUT2D eigenvalue weighted by molar-refractivity contribution is -0.139. The first-order valence-corrected chi connectivity index (χ1v) is 8.06. The van der Waals surface area contributed by atoms with Gasteiger partial charge in [-0.2, -0.15) is 0 Å². The van der Waals surface area contributed by atoms with Gasteiger partial charge in [-0.1, -0.05) is 39.0 Å². The second-order valence-corrected chi connectivity index (χ2v) is 5.31. The monoisotopic (exact) mass is 332 g/mol. The number of nitrogens with zero attached hydrogens (tertiary/aromatic N) is 1. The zero-order chi connectivity index (χ0) is 18.1. The fourth-order valence-electron chi connectivity index (χ4n) is 1.70. The molecule has 8 nitrogen and oxygen atoms in total. The summed E-state index contributed by atoms with van der Waals surface area (Å²) in [7, 11) is 0. The van der Waals surface area contributed by atoms with Gasteiger partial charge in [-0.25, -0.2) is 0 Å². The molecule has 136 valence electrons. The number of hydrogen-bond donors (Lipinski definition) is 5. The molecule has 0 aliphatic rings. The van der Waals surface area contributed by atoms with E-state index in [0.29, 0.717) is 25.8 Å². The van der Waals surface area contributed by atoms with Crippen LogP contribution in [0.1, 0.15) is 64.7 Å². The lowest BCUT2D eigenvalue weighted by Gasteiger charge is -2.03. The first-order chi connectivity index (χ1) is 10.8. The van der Waals surface area contributed by atoms with Crippen molar-refractivity contribution in [3.63, 3.8) is 0 Å². The van der Waals surface area contributed by atoms with E-state index in [-0.39, 0.29) is 5.96 Å². The molecule has 0 aliphatic heterocycles. The molecule has 0 heterocycles. The van der Waals surface area contributed by atoms with Crippen molar-refractivity contribution in [1.29, 1.82) is 0 Å². The summed E-state index contributed by atoms with van der Waals surface area (Å²) in [4.78, 5) is 24.0. The fraction of sp³-hybridized carbons (Fsp3) is 0.800. The summed E-state index contributed by atoms with van der Waals surface area (Å²) in [5.41, 5.74) is 15.3. The maximum Gasteiger partial charge on any atom is 0.320 e. The number of guanidine groups is 1. The Morgan fingerprint density at radius 2 is 1.57 bits per heavy atom. The number of carboxylic acids is 2. The van der Waals surface area contributed by atoms with Gasteiger partial charge in [0.25, 0.3) is 0 Å². The Bertz CT molecular complexity index is 344. The van der Waals surface area contributed by atoms with Gasteiger partial charge in [0.05, 0.1) is 0 Å². The van der Waals surface area contributed by atoms with E-state index in [1.54, 1.807) is 0 Å². The molecule has 0 unspecified atom stereocenters. The highest BCUT2D eigenvalue weighted by atomic mass is 16.4. The van der Waals surface area contributed by atoms with E-state index in [1.807, 2.05) is 0 Å². The number of carbonyl (C=O) groups is 2. The molecule has 1 atom stereocenters. The highest BCUT2D eigenvalue weighted by molar-refractivity contribution is 5.75. The summed E-state index contributed by atoms with van der Waals surface area (Å²) in [5, 5.41) is 16.7. The third kappa shape index (κ3) is 22.6. The molecule has 8 heteroatoms. The normalized spacial score (nSPS) is 11.0. The van der Waals surface area contributed by atoms with Crippen LogP contribution in [0.3, 0.4) is 0 Å². The van der Waals surface area contributed by atoms with Gasteiger partial charge >= 0.3 is 11.9 Å². The van der Waals surface area contributed by atoms with Crippen molar-refractivity contribution < 1.29 is 19.8 Å². The number of unbranched alkanes of at least 4 members (excludes halogenated alkanes) is 5. The van der Waals surface area contributed by atoms with Gasteiger partial charge in [0.15, 0.2) is 5.96 Å². The van der Waals surface area contributed by atoms with Crippen LogP contribution in [0, 0.1) is 0 Å². The Balaban J connectivity index is 0. The van der Waals surface area contributed by atoms with Gasteiger partial charge in [-0.05, 0) is 19.3 Å². The predicted molar refractivity (Wildman–Crippen MR) is 91.2 cm³/mol. The van der Waals surface area contributed by atoms with Crippen LogP contribution in [0.4, 0.5) is 0 Å². The minimum Gasteiger partial charge on any atom is -0.481 e. The fourth-order valence-corrected chi connectivity index (χ4v) is 1.70. The highest BCUT2D eigenvalue weighted by Crippen LogP contribution is 2.06. The number of carboxylic acid groups (broad SMARTS) is 2. The molecule has 0 rings (SSSR count). The van der Waals surface area contributed by atoms with Crippen LogP contribution in [0.2, 0.25) is 0 Å². The van der Waals surface area contributed by atoms with Crippen LogP contribution in [-0.2, 0) is 9.59 Å². The minimum atomic E-state index is -1.00. The second kappa shape index (κ2) is 16.5. The van der Waals surface area contributed by atoms with Crippen LogP contribution >= 0.6 is 0 Å². The van der Waals surface area contributed by atoms with Crippen LogP contribution in [0.25, 0.3) is 0 Å². The summed E-state index contributed by atoms with van der Waals surface area (Å²) in [5.74, 6) is -1.65. The number of hydrogen-bond acceptors (Lipinski definition) is 4. The van der Waals surface area contributed by atoms with Gasteiger partial charge in [-0.3, -0.25) is 14.6 Å². The molecule has 0 saturated carbocycles. The summed E-state index contributed by atoms with van der Waals surface area (Å²) in [6.45, 7) is 2.60. The zero-order valence-electron chi connectivity index (χ0n) is 14.0. The lowest BCUT2D eigenvalue weighted by Crippen LogP contribution is -2.30. The van der Waals surface area contributed by atoms with E-state index in [0.717, 1.165) is 12.8 Å². The Kier molecular flexibility index (Phi) is 16.9. The standard InChI is InChI=1S/C9H18O2.C6H14N4O2/c1-2-3-4-5-6-7-8-9(10)11;7-4(5(11)12)2-1-3-10-6(8)9/h2-8H2,1H3,(H,10,11);4H,1-3,7H2,(H,11,12)(H4,8,9,10)/t;4-/m.0/s1. The third-order valence-corrected chi connectivity index (χ3v) is 3.03. The highest BCUT2D eigenvalue weighted by Gasteiger charge is 2.09. The molecule has 0 aliphatic carbocycles. The first kappa shape index (κ1) is 23.4. The molecule has 0 aromatic heterocycles. The van der Waals surface area contributed by atoms with Gasteiger partial charge in [0.2, 0.25) is 0 Å². The summed E-state index contributed by atoms with van der Waals surface area (Å²) < 4.78 is 0. The Morgan fingerprint density at radius 1 is 1.00 bits per heavy atom. The van der Waals surface area contributed by atoms with Gasteiger partial charge < -0.3 is 27.4 Å². The number of nitrogens with two attached hydrogens (primary N) is 3. The van der Waals surface area contributed by atoms with E-state index < -0.39 is 18.0 Å². The molecule has 0 fully saturated rings. The maximum atomic E-state index is 10.2. The van der Waals surface area contributed by atoms with Crippen molar-refractivity contribution in [3.05, 3.63) is 0 Å². The van der Waals surface area contributed by atoms with E-state index in [1.165, 1.54) is 25.7 Å². The van der Waals surface area contributed by atoms with Crippen LogP contribution in [0.5, 0.6) is 0 Å². The van der Waals surface area contributed by atoms with Crippen LogP contribution < -0.4 is 17.2 Å². The number of aliphatic carboxylic acids is 2. The van der Waals surface area contributed by atoms with Crippen LogP contribution in [0.15, 0.2) is 4.99 Å². The molecular formula is C15H32N4O4. The van der Waals surface area contributed by atoms with Gasteiger partial charge in [0, 0.05) is 13.0 Å². The van der Waals surface area contributed by atoms with Crippen molar-refractivity contribution in [1.82, 2.24) is 0 Å². The lowest BCUT2D eigenvalue weighted by atomic mass is 10.1. The smallest absolute Gasteiger partial charge is 0.320 e. The number of aliphatic imine (C=N–C) groups is 1. The predicted octanol–water partition coefficient (Wildman–Crippen LogP) is 1.27. The van der Waals surface area contributed by atoms with Crippen molar-refractivity contribution in [2.75, 3.05) is 6.54 Å². The SMILES string of the molecule is CCCCCCCCC(=O)O.NC(N)=NCCC[C@H](N)C(=O)O. The van der Waals surface area contributed by atoms with Gasteiger partial charge in [0.1, 0.15) is 6.04 Å². The Morgan fingerprint density at radius 3 is 2.04 bits per heavy atom. The van der Waals surface area contributed by atoms with Crippen molar-refractivity contribution >= 4 is 17.9 Å². The molecule has 0 saturated heterocycles. The quantitative estimate of drug-likeness (QED) is 0.204. The minimum absolute atomic E-state index is 0.0129. The summed E-state index contributed by atoms with van der Waals surface area (Å²) >= 11 is 0. The van der Waals surface area contributed by atoms with Gasteiger partial charge in [-0.15, -0.1) is 0 Å². The molecule has 23 heavy (non-hydrogen) atoms. The van der Waals surface area contributed by atoms with E-state index in [4.69, 9.17) is 27.4 Å². The Hall–Kier alpha value is -1.83. The molecule has 0 radical (unpaired) electrons. The van der Waals surface area contributed by atoms with Crippen LogP contribution in [-0.4, -0.2) is 40.7 Å². The van der Waals surface area contributed by atoms with E-state index >= 15 is 0 Å². The van der Waals surface area contributed by atoms with Crippen molar-refractivity contribution in [3.8, 4) is 0 Å². The molecular weight excluding hydrogens is 300 g/mol. The number of rotatable bonds is 12.